The molecule has 1 rings (SSSR count). The van der Waals surface area contributed by atoms with Crippen molar-refractivity contribution in [3.63, 3.8) is 0 Å². The standard InChI is InChI=1S/C8H7IN2OS/c9-3-1-7(12)11-8-6(5-10)2-4-13-8/h2,4H,1,3H2,(H,11,12). The van der Waals surface area contributed by atoms with E-state index in [-0.39, 0.29) is 5.91 Å². The van der Waals surface area contributed by atoms with E-state index in [0.717, 1.165) is 4.43 Å². The van der Waals surface area contributed by atoms with Crippen LogP contribution in [0.25, 0.3) is 0 Å². The Morgan fingerprint density at radius 1 is 1.77 bits per heavy atom. The third-order valence-corrected chi connectivity index (χ3v) is 2.73. The van der Waals surface area contributed by atoms with E-state index >= 15 is 0 Å². The number of carbonyl (C=O) groups is 1. The van der Waals surface area contributed by atoms with E-state index < -0.39 is 0 Å². The summed E-state index contributed by atoms with van der Waals surface area (Å²) in [6, 6.07) is 3.72. The van der Waals surface area contributed by atoms with E-state index in [1.165, 1.54) is 11.3 Å². The lowest BCUT2D eigenvalue weighted by molar-refractivity contribution is -0.115. The van der Waals surface area contributed by atoms with Crippen molar-refractivity contribution < 1.29 is 4.79 Å². The molecule has 0 bridgehead atoms. The number of nitrogens with zero attached hydrogens (tertiary/aromatic N) is 1. The molecule has 0 fully saturated rings. The lowest BCUT2D eigenvalue weighted by Crippen LogP contribution is -2.11. The van der Waals surface area contributed by atoms with Crippen LogP contribution in [0, 0.1) is 11.3 Å². The molecule has 0 saturated heterocycles. The Morgan fingerprint density at radius 2 is 2.54 bits per heavy atom. The van der Waals surface area contributed by atoms with Gasteiger partial charge in [-0.05, 0) is 11.4 Å². The highest BCUT2D eigenvalue weighted by atomic mass is 127. The summed E-state index contributed by atoms with van der Waals surface area (Å²) in [5, 5.41) is 13.8. The van der Waals surface area contributed by atoms with Crippen LogP contribution in [-0.2, 0) is 4.79 Å². The molecule has 0 atom stereocenters. The number of hydrogen-bond donors (Lipinski definition) is 1. The van der Waals surface area contributed by atoms with Crippen molar-refractivity contribution in [3.8, 4) is 6.07 Å². The molecule has 5 heteroatoms. The molecule has 68 valence electrons. The van der Waals surface area contributed by atoms with Gasteiger partial charge in [0.25, 0.3) is 0 Å². The molecule has 0 aliphatic carbocycles. The second-order valence-corrected chi connectivity index (χ2v) is 4.26. The highest BCUT2D eigenvalue weighted by Crippen LogP contribution is 2.22. The summed E-state index contributed by atoms with van der Waals surface area (Å²) < 4.78 is 0.789. The van der Waals surface area contributed by atoms with Gasteiger partial charge in [-0.2, -0.15) is 5.26 Å². The number of anilines is 1. The van der Waals surface area contributed by atoms with Crippen molar-refractivity contribution in [2.24, 2.45) is 0 Å². The van der Waals surface area contributed by atoms with E-state index in [4.69, 9.17) is 5.26 Å². The molecule has 0 unspecified atom stereocenters. The first kappa shape index (κ1) is 10.5. The Bertz CT molecular complexity index is 342. The fraction of sp³-hybridized carbons (Fsp3) is 0.250. The number of halogens is 1. The fourth-order valence-electron chi connectivity index (χ4n) is 0.769. The zero-order valence-electron chi connectivity index (χ0n) is 6.71. The number of alkyl halides is 1. The van der Waals surface area contributed by atoms with Gasteiger partial charge >= 0.3 is 0 Å². The molecule has 0 aliphatic heterocycles. The van der Waals surface area contributed by atoms with Gasteiger partial charge in [0.15, 0.2) is 0 Å². The zero-order valence-corrected chi connectivity index (χ0v) is 9.68. The van der Waals surface area contributed by atoms with Gasteiger partial charge in [0.2, 0.25) is 5.91 Å². The Morgan fingerprint density at radius 3 is 3.15 bits per heavy atom. The minimum atomic E-state index is -0.0339. The second kappa shape index (κ2) is 5.19. The van der Waals surface area contributed by atoms with Crippen LogP contribution in [0.4, 0.5) is 5.00 Å². The quantitative estimate of drug-likeness (QED) is 0.688. The SMILES string of the molecule is N#Cc1ccsc1NC(=O)CCI. The third kappa shape index (κ3) is 2.97. The molecule has 0 aliphatic rings. The van der Waals surface area contributed by atoms with Gasteiger partial charge in [0.1, 0.15) is 11.1 Å². The normalized spacial score (nSPS) is 9.23. The van der Waals surface area contributed by atoms with Crippen molar-refractivity contribution in [3.05, 3.63) is 17.0 Å². The molecule has 0 spiro atoms. The lowest BCUT2D eigenvalue weighted by atomic mass is 10.3. The third-order valence-electron chi connectivity index (χ3n) is 1.36. The molecule has 1 amide bonds. The van der Waals surface area contributed by atoms with Crippen molar-refractivity contribution in [2.45, 2.75) is 6.42 Å². The largest absolute Gasteiger partial charge is 0.317 e. The predicted octanol–water partition coefficient (Wildman–Crippen LogP) is 2.38. The van der Waals surface area contributed by atoms with Gasteiger partial charge in [-0.3, -0.25) is 4.79 Å². The molecule has 1 aromatic heterocycles. The Hall–Kier alpha value is -0.610. The highest BCUT2D eigenvalue weighted by Gasteiger charge is 2.06. The summed E-state index contributed by atoms with van der Waals surface area (Å²) >= 11 is 3.51. The molecular weight excluding hydrogens is 299 g/mol. The van der Waals surface area contributed by atoms with Crippen molar-refractivity contribution in [2.75, 3.05) is 9.74 Å². The number of rotatable bonds is 3. The van der Waals surface area contributed by atoms with Crippen LogP contribution in [0.2, 0.25) is 0 Å². The number of carbonyl (C=O) groups excluding carboxylic acids is 1. The van der Waals surface area contributed by atoms with E-state index in [0.29, 0.717) is 17.0 Å². The average molecular weight is 306 g/mol. The maximum absolute atomic E-state index is 11.2. The molecule has 1 aromatic rings. The summed E-state index contributed by atoms with van der Waals surface area (Å²) in [4.78, 5) is 11.2. The fourth-order valence-corrected chi connectivity index (χ4v) is 2.01. The van der Waals surface area contributed by atoms with Crippen molar-refractivity contribution in [1.82, 2.24) is 0 Å². The lowest BCUT2D eigenvalue weighted by Gasteiger charge is -1.99. The Kier molecular flexibility index (Phi) is 4.18. The summed E-state index contributed by atoms with van der Waals surface area (Å²) in [5.41, 5.74) is 0.534. The average Bonchev–Trinajstić information content (AvgIpc) is 2.52. The van der Waals surface area contributed by atoms with Gasteiger partial charge in [0, 0.05) is 10.8 Å². The van der Waals surface area contributed by atoms with Gasteiger partial charge in [-0.1, -0.05) is 22.6 Å². The van der Waals surface area contributed by atoms with Crippen LogP contribution in [0.1, 0.15) is 12.0 Å². The van der Waals surface area contributed by atoms with E-state index in [1.54, 1.807) is 11.4 Å². The van der Waals surface area contributed by atoms with Gasteiger partial charge in [0.05, 0.1) is 5.56 Å². The predicted molar refractivity (Wildman–Crippen MR) is 61.2 cm³/mol. The number of nitrogens with one attached hydrogen (secondary N) is 1. The number of hydrogen-bond acceptors (Lipinski definition) is 3. The van der Waals surface area contributed by atoms with Crippen molar-refractivity contribution in [1.29, 1.82) is 5.26 Å². The topological polar surface area (TPSA) is 52.9 Å². The molecule has 0 aromatic carbocycles. The van der Waals surface area contributed by atoms with E-state index in [2.05, 4.69) is 27.9 Å². The number of nitriles is 1. The molecule has 1 N–H and O–H groups in total. The minimum absolute atomic E-state index is 0.0339. The molecule has 1 heterocycles. The number of amides is 1. The summed E-state index contributed by atoms with van der Waals surface area (Å²) in [7, 11) is 0. The second-order valence-electron chi connectivity index (χ2n) is 2.26. The summed E-state index contributed by atoms with van der Waals surface area (Å²) in [5.74, 6) is -0.0339. The first-order valence-electron chi connectivity index (χ1n) is 3.61. The Balaban J connectivity index is 2.64. The minimum Gasteiger partial charge on any atom is -0.317 e. The zero-order chi connectivity index (χ0) is 9.68. The molecule has 3 nitrogen and oxygen atoms in total. The van der Waals surface area contributed by atoms with E-state index in [1.807, 2.05) is 6.07 Å². The first-order chi connectivity index (χ1) is 6.27. The van der Waals surface area contributed by atoms with Gasteiger partial charge in [-0.25, -0.2) is 0 Å². The molecular formula is C8H7IN2OS. The van der Waals surface area contributed by atoms with Gasteiger partial charge in [-0.15, -0.1) is 11.3 Å². The summed E-state index contributed by atoms with van der Waals surface area (Å²) in [6.45, 7) is 0. The Labute approximate surface area is 93.9 Å². The highest BCUT2D eigenvalue weighted by molar-refractivity contribution is 14.1. The molecule has 0 saturated carbocycles. The van der Waals surface area contributed by atoms with Crippen LogP contribution in [0.3, 0.4) is 0 Å². The smallest absolute Gasteiger partial charge is 0.225 e. The van der Waals surface area contributed by atoms with Gasteiger partial charge < -0.3 is 5.32 Å². The van der Waals surface area contributed by atoms with Crippen LogP contribution < -0.4 is 5.32 Å². The molecule has 13 heavy (non-hydrogen) atoms. The maximum Gasteiger partial charge on any atom is 0.225 e. The molecule has 0 radical (unpaired) electrons. The van der Waals surface area contributed by atoms with Crippen LogP contribution in [0.5, 0.6) is 0 Å². The van der Waals surface area contributed by atoms with Crippen LogP contribution in [0.15, 0.2) is 11.4 Å². The van der Waals surface area contributed by atoms with E-state index in [9.17, 15) is 4.79 Å². The summed E-state index contributed by atoms with van der Waals surface area (Å²) in [6.07, 6.45) is 0.489. The van der Waals surface area contributed by atoms with Crippen LogP contribution in [-0.4, -0.2) is 10.3 Å². The van der Waals surface area contributed by atoms with Crippen molar-refractivity contribution >= 4 is 44.8 Å². The monoisotopic (exact) mass is 306 g/mol. The first-order valence-corrected chi connectivity index (χ1v) is 6.02. The number of thiophene rings is 1. The maximum atomic E-state index is 11.2. The van der Waals surface area contributed by atoms with Crippen LogP contribution >= 0.6 is 33.9 Å².